The predicted octanol–water partition coefficient (Wildman–Crippen LogP) is 2.92. The van der Waals surface area contributed by atoms with Crippen LogP contribution in [0.1, 0.15) is 11.1 Å². The summed E-state index contributed by atoms with van der Waals surface area (Å²) in [6.07, 6.45) is 0.395. The van der Waals surface area contributed by atoms with Crippen LogP contribution in [0.15, 0.2) is 48.5 Å². The maximum atomic E-state index is 12.2. The van der Waals surface area contributed by atoms with Crippen molar-refractivity contribution in [2.24, 2.45) is 0 Å². The third-order valence-electron chi connectivity index (χ3n) is 4.64. The second-order valence-electron chi connectivity index (χ2n) is 6.61. The second-order valence-corrected chi connectivity index (χ2v) is 6.61. The first-order valence-corrected chi connectivity index (χ1v) is 9.19. The lowest BCUT2D eigenvalue weighted by Gasteiger charge is -2.26. The third-order valence-corrected chi connectivity index (χ3v) is 4.64. The number of carbonyl (C=O) groups is 1. The Morgan fingerprint density at radius 1 is 1.04 bits per heavy atom. The standard InChI is InChI=1S/C21H27N3O2/c1-17-4-2-3-5-18(17)16-21(25)23-20-8-6-19(7-9-20)22-10-11-24-12-14-26-15-13-24/h2-9,22H,10-16H2,1H3,(H,23,25). The molecule has 5 heteroatoms. The van der Waals surface area contributed by atoms with E-state index in [1.165, 1.54) is 0 Å². The molecular weight excluding hydrogens is 326 g/mol. The highest BCUT2D eigenvalue weighted by Gasteiger charge is 2.09. The molecule has 1 amide bonds. The van der Waals surface area contributed by atoms with Crippen molar-refractivity contribution in [2.75, 3.05) is 50.0 Å². The van der Waals surface area contributed by atoms with Gasteiger partial charge in [0, 0.05) is 37.6 Å². The first-order valence-electron chi connectivity index (χ1n) is 9.19. The number of aryl methyl sites for hydroxylation is 1. The minimum atomic E-state index is 0.00678. The molecule has 0 unspecified atom stereocenters. The van der Waals surface area contributed by atoms with Crippen molar-refractivity contribution >= 4 is 17.3 Å². The molecule has 1 heterocycles. The largest absolute Gasteiger partial charge is 0.384 e. The van der Waals surface area contributed by atoms with Crippen LogP contribution < -0.4 is 10.6 Å². The van der Waals surface area contributed by atoms with Crippen molar-refractivity contribution in [2.45, 2.75) is 13.3 Å². The highest BCUT2D eigenvalue weighted by Crippen LogP contribution is 2.15. The molecule has 2 aromatic carbocycles. The summed E-state index contributed by atoms with van der Waals surface area (Å²) >= 11 is 0. The Kier molecular flexibility index (Phi) is 6.63. The fraction of sp³-hybridized carbons (Fsp3) is 0.381. The second kappa shape index (κ2) is 9.36. The van der Waals surface area contributed by atoms with Crippen LogP contribution in [0.3, 0.4) is 0 Å². The van der Waals surface area contributed by atoms with Crippen molar-refractivity contribution in [3.63, 3.8) is 0 Å². The molecule has 3 rings (SSSR count). The van der Waals surface area contributed by atoms with E-state index in [4.69, 9.17) is 4.74 Å². The van der Waals surface area contributed by atoms with Crippen LogP contribution in [-0.4, -0.2) is 50.2 Å². The number of benzene rings is 2. The lowest BCUT2D eigenvalue weighted by atomic mass is 10.1. The molecule has 1 aliphatic rings. The van der Waals surface area contributed by atoms with Crippen molar-refractivity contribution in [1.29, 1.82) is 0 Å². The summed E-state index contributed by atoms with van der Waals surface area (Å²) in [5.41, 5.74) is 4.09. The van der Waals surface area contributed by atoms with Gasteiger partial charge in [0.25, 0.3) is 0 Å². The highest BCUT2D eigenvalue weighted by atomic mass is 16.5. The quantitative estimate of drug-likeness (QED) is 0.804. The van der Waals surface area contributed by atoms with E-state index in [9.17, 15) is 4.79 Å². The molecule has 2 N–H and O–H groups in total. The molecule has 2 aromatic rings. The van der Waals surface area contributed by atoms with Crippen LogP contribution in [-0.2, 0) is 16.0 Å². The Bertz CT molecular complexity index is 709. The number of hydrogen-bond acceptors (Lipinski definition) is 4. The number of morpholine rings is 1. The van der Waals surface area contributed by atoms with Gasteiger partial charge in [0.05, 0.1) is 19.6 Å². The molecule has 0 saturated carbocycles. The molecule has 1 fully saturated rings. The van der Waals surface area contributed by atoms with E-state index in [0.29, 0.717) is 6.42 Å². The van der Waals surface area contributed by atoms with Crippen LogP contribution in [0.4, 0.5) is 11.4 Å². The highest BCUT2D eigenvalue weighted by molar-refractivity contribution is 5.92. The number of hydrogen-bond donors (Lipinski definition) is 2. The van der Waals surface area contributed by atoms with E-state index in [-0.39, 0.29) is 5.91 Å². The molecule has 0 radical (unpaired) electrons. The number of anilines is 2. The average Bonchev–Trinajstić information content (AvgIpc) is 2.66. The molecule has 1 saturated heterocycles. The van der Waals surface area contributed by atoms with Crippen LogP contribution >= 0.6 is 0 Å². The summed E-state index contributed by atoms with van der Waals surface area (Å²) in [6, 6.07) is 15.9. The van der Waals surface area contributed by atoms with Crippen LogP contribution in [0, 0.1) is 6.92 Å². The van der Waals surface area contributed by atoms with E-state index in [1.807, 2.05) is 55.5 Å². The maximum Gasteiger partial charge on any atom is 0.228 e. The number of ether oxygens (including phenoxy) is 1. The van der Waals surface area contributed by atoms with Crippen molar-refractivity contribution < 1.29 is 9.53 Å². The number of rotatable bonds is 7. The Morgan fingerprint density at radius 3 is 2.46 bits per heavy atom. The predicted molar refractivity (Wildman–Crippen MR) is 106 cm³/mol. The van der Waals surface area contributed by atoms with Crippen LogP contribution in [0.25, 0.3) is 0 Å². The topological polar surface area (TPSA) is 53.6 Å². The molecule has 0 aromatic heterocycles. The maximum absolute atomic E-state index is 12.2. The zero-order valence-electron chi connectivity index (χ0n) is 15.3. The van der Waals surface area contributed by atoms with Gasteiger partial charge in [-0.2, -0.15) is 0 Å². The van der Waals surface area contributed by atoms with E-state index < -0.39 is 0 Å². The van der Waals surface area contributed by atoms with Gasteiger partial charge in [-0.25, -0.2) is 0 Å². The van der Waals surface area contributed by atoms with Crippen LogP contribution in [0.2, 0.25) is 0 Å². The van der Waals surface area contributed by atoms with Gasteiger partial charge in [-0.15, -0.1) is 0 Å². The fourth-order valence-electron chi connectivity index (χ4n) is 3.04. The smallest absolute Gasteiger partial charge is 0.228 e. The van der Waals surface area contributed by atoms with E-state index >= 15 is 0 Å². The average molecular weight is 353 g/mol. The number of nitrogens with one attached hydrogen (secondary N) is 2. The number of carbonyl (C=O) groups excluding carboxylic acids is 1. The van der Waals surface area contributed by atoms with Gasteiger partial charge >= 0.3 is 0 Å². The van der Waals surface area contributed by atoms with Gasteiger partial charge in [-0.05, 0) is 42.3 Å². The van der Waals surface area contributed by atoms with Gasteiger partial charge in [0.2, 0.25) is 5.91 Å². The molecule has 0 atom stereocenters. The Labute approximate surface area is 155 Å². The summed E-state index contributed by atoms with van der Waals surface area (Å²) < 4.78 is 5.36. The number of nitrogens with zero attached hydrogens (tertiary/aromatic N) is 1. The van der Waals surface area contributed by atoms with E-state index in [2.05, 4.69) is 15.5 Å². The van der Waals surface area contributed by atoms with Crippen LogP contribution in [0.5, 0.6) is 0 Å². The minimum absolute atomic E-state index is 0.00678. The molecule has 1 aliphatic heterocycles. The third kappa shape index (κ3) is 5.58. The summed E-state index contributed by atoms with van der Waals surface area (Å²) in [4.78, 5) is 14.6. The normalized spacial score (nSPS) is 14.8. The number of amides is 1. The summed E-state index contributed by atoms with van der Waals surface area (Å²) in [5.74, 6) is 0.00678. The van der Waals surface area contributed by atoms with Gasteiger partial charge in [0.15, 0.2) is 0 Å². The SMILES string of the molecule is Cc1ccccc1CC(=O)Nc1ccc(NCCN2CCOCC2)cc1. The van der Waals surface area contributed by atoms with Crippen molar-refractivity contribution in [3.8, 4) is 0 Å². The molecule has 5 nitrogen and oxygen atoms in total. The minimum Gasteiger partial charge on any atom is -0.384 e. The zero-order valence-corrected chi connectivity index (χ0v) is 15.3. The lowest BCUT2D eigenvalue weighted by molar-refractivity contribution is -0.115. The summed E-state index contributed by atoms with van der Waals surface area (Å²) in [6.45, 7) is 7.62. The zero-order chi connectivity index (χ0) is 18.2. The molecule has 26 heavy (non-hydrogen) atoms. The summed E-state index contributed by atoms with van der Waals surface area (Å²) in [5, 5.41) is 6.39. The van der Waals surface area contributed by atoms with Gasteiger partial charge in [-0.3, -0.25) is 9.69 Å². The van der Waals surface area contributed by atoms with Gasteiger partial charge in [-0.1, -0.05) is 24.3 Å². The molecular formula is C21H27N3O2. The van der Waals surface area contributed by atoms with Gasteiger partial charge in [0.1, 0.15) is 0 Å². The molecule has 138 valence electrons. The Balaban J connectivity index is 1.43. The van der Waals surface area contributed by atoms with Gasteiger partial charge < -0.3 is 15.4 Å². The first kappa shape index (κ1) is 18.4. The Hall–Kier alpha value is -2.37. The molecule has 0 aliphatic carbocycles. The first-order chi connectivity index (χ1) is 12.7. The Morgan fingerprint density at radius 2 is 1.73 bits per heavy atom. The molecule has 0 spiro atoms. The van der Waals surface area contributed by atoms with Crippen molar-refractivity contribution in [3.05, 3.63) is 59.7 Å². The van der Waals surface area contributed by atoms with E-state index in [1.54, 1.807) is 0 Å². The lowest BCUT2D eigenvalue weighted by Crippen LogP contribution is -2.38. The van der Waals surface area contributed by atoms with Crippen molar-refractivity contribution in [1.82, 2.24) is 4.90 Å². The van der Waals surface area contributed by atoms with E-state index in [0.717, 1.165) is 61.9 Å². The summed E-state index contributed by atoms with van der Waals surface area (Å²) in [7, 11) is 0. The monoisotopic (exact) mass is 353 g/mol. The molecule has 0 bridgehead atoms. The fourth-order valence-corrected chi connectivity index (χ4v) is 3.04.